The van der Waals surface area contributed by atoms with E-state index in [0.717, 1.165) is 19.3 Å². The molecule has 3 N–H and O–H groups in total. The Morgan fingerprint density at radius 1 is 1.12 bits per heavy atom. The van der Waals surface area contributed by atoms with Gasteiger partial charge in [-0.25, -0.2) is 4.79 Å². The van der Waals surface area contributed by atoms with Gasteiger partial charge in [-0.05, 0) is 6.42 Å². The summed E-state index contributed by atoms with van der Waals surface area (Å²) in [5.41, 5.74) is 0. The van der Waals surface area contributed by atoms with Crippen molar-refractivity contribution in [3.63, 3.8) is 0 Å². The first-order valence-corrected chi connectivity index (χ1v) is 6.24. The number of unbranched alkanes of at least 4 members (excludes halogenated alkanes) is 5. The minimum absolute atomic E-state index is 0.304. The van der Waals surface area contributed by atoms with Crippen molar-refractivity contribution >= 4 is 11.9 Å². The number of rotatable bonds is 10. The Kier molecular flexibility index (Phi) is 9.43. The zero-order valence-corrected chi connectivity index (χ0v) is 10.4. The lowest BCUT2D eigenvalue weighted by Gasteiger charge is -2.11. The van der Waals surface area contributed by atoms with Gasteiger partial charge < -0.3 is 15.5 Å². The van der Waals surface area contributed by atoms with Crippen LogP contribution in [-0.2, 0) is 9.59 Å². The number of aliphatic hydroxyl groups is 1. The molecule has 0 aliphatic rings. The predicted molar refractivity (Wildman–Crippen MR) is 64.6 cm³/mol. The highest BCUT2D eigenvalue weighted by Gasteiger charge is 2.17. The third kappa shape index (κ3) is 8.68. The molecular weight excluding hydrogens is 222 g/mol. The average molecular weight is 245 g/mol. The fraction of sp³-hybridized carbons (Fsp3) is 0.833. The Balaban J connectivity index is 3.55. The van der Waals surface area contributed by atoms with E-state index in [1.165, 1.54) is 19.3 Å². The molecule has 0 aromatic heterocycles. The number of amides is 1. The van der Waals surface area contributed by atoms with E-state index in [1.807, 2.05) is 0 Å². The van der Waals surface area contributed by atoms with Gasteiger partial charge in [0.15, 0.2) is 0 Å². The predicted octanol–water partition coefficient (Wildman–Crippen LogP) is 1.30. The smallest absolute Gasteiger partial charge is 0.328 e. The van der Waals surface area contributed by atoms with Gasteiger partial charge in [0.05, 0.1) is 6.61 Å². The lowest BCUT2D eigenvalue weighted by molar-refractivity contribution is -0.142. The Bertz CT molecular complexity index is 231. The number of carbonyl (C=O) groups is 2. The van der Waals surface area contributed by atoms with Gasteiger partial charge in [0.1, 0.15) is 6.04 Å². The van der Waals surface area contributed by atoms with Gasteiger partial charge in [-0.3, -0.25) is 4.79 Å². The highest BCUT2D eigenvalue weighted by Crippen LogP contribution is 2.06. The molecule has 0 saturated carbocycles. The van der Waals surface area contributed by atoms with E-state index in [9.17, 15) is 9.59 Å². The minimum Gasteiger partial charge on any atom is -0.480 e. The van der Waals surface area contributed by atoms with Gasteiger partial charge >= 0.3 is 5.97 Å². The molecule has 0 rings (SSSR count). The van der Waals surface area contributed by atoms with Crippen LogP contribution in [0.2, 0.25) is 0 Å². The zero-order valence-electron chi connectivity index (χ0n) is 10.4. The van der Waals surface area contributed by atoms with Crippen molar-refractivity contribution in [2.24, 2.45) is 0 Å². The normalized spacial score (nSPS) is 12.1. The minimum atomic E-state index is -1.20. The number of carboxylic acid groups (broad SMARTS) is 1. The van der Waals surface area contributed by atoms with Gasteiger partial charge in [0, 0.05) is 6.42 Å². The first kappa shape index (κ1) is 15.9. The molecule has 100 valence electrons. The molecule has 1 amide bonds. The standard InChI is InChI=1S/C12H23NO4/c1-2-3-4-5-6-7-8-11(15)13-10(9-14)12(16)17/h10,14H,2-9H2,1H3,(H,13,15)(H,16,17)/t10-/m1/s1. The Morgan fingerprint density at radius 2 is 1.71 bits per heavy atom. The molecular formula is C12H23NO4. The number of carbonyl (C=O) groups excluding carboxylic acids is 1. The SMILES string of the molecule is CCCCCCCCC(=O)N[C@H](CO)C(=O)O. The number of hydrogen-bond acceptors (Lipinski definition) is 3. The summed E-state index contributed by atoms with van der Waals surface area (Å²) >= 11 is 0. The van der Waals surface area contributed by atoms with Gasteiger partial charge in [-0.2, -0.15) is 0 Å². The van der Waals surface area contributed by atoms with Crippen molar-refractivity contribution in [1.29, 1.82) is 0 Å². The van der Waals surface area contributed by atoms with Crippen molar-refractivity contribution in [2.45, 2.75) is 57.9 Å². The van der Waals surface area contributed by atoms with Crippen LogP contribution >= 0.6 is 0 Å². The van der Waals surface area contributed by atoms with Crippen LogP contribution in [0.1, 0.15) is 51.9 Å². The fourth-order valence-corrected chi connectivity index (χ4v) is 1.52. The number of carboxylic acids is 1. The van der Waals surface area contributed by atoms with E-state index >= 15 is 0 Å². The highest BCUT2D eigenvalue weighted by molar-refractivity contribution is 5.83. The van der Waals surface area contributed by atoms with Crippen LogP contribution in [0, 0.1) is 0 Å². The molecule has 0 aromatic carbocycles. The quantitative estimate of drug-likeness (QED) is 0.506. The summed E-state index contributed by atoms with van der Waals surface area (Å²) in [5.74, 6) is -1.51. The summed E-state index contributed by atoms with van der Waals surface area (Å²) in [7, 11) is 0. The maximum absolute atomic E-state index is 11.3. The van der Waals surface area contributed by atoms with E-state index in [0.29, 0.717) is 6.42 Å². The van der Waals surface area contributed by atoms with Gasteiger partial charge in [-0.15, -0.1) is 0 Å². The van der Waals surface area contributed by atoms with Crippen LogP contribution in [0.4, 0.5) is 0 Å². The molecule has 0 unspecified atom stereocenters. The molecule has 0 spiro atoms. The summed E-state index contributed by atoms with van der Waals surface area (Å²) < 4.78 is 0. The third-order valence-corrected chi connectivity index (χ3v) is 2.57. The van der Waals surface area contributed by atoms with Gasteiger partial charge in [0.2, 0.25) is 5.91 Å². The molecule has 0 saturated heterocycles. The van der Waals surface area contributed by atoms with Crippen molar-refractivity contribution in [3.8, 4) is 0 Å². The summed E-state index contributed by atoms with van der Waals surface area (Å²) in [6.45, 7) is 1.58. The first-order valence-electron chi connectivity index (χ1n) is 6.24. The molecule has 0 bridgehead atoms. The Labute approximate surface area is 102 Å². The number of aliphatic carboxylic acids is 1. The second kappa shape index (κ2) is 10.1. The molecule has 0 fully saturated rings. The lowest BCUT2D eigenvalue weighted by Crippen LogP contribution is -2.43. The zero-order chi connectivity index (χ0) is 13.1. The van der Waals surface area contributed by atoms with Crippen LogP contribution in [0.3, 0.4) is 0 Å². The van der Waals surface area contributed by atoms with Crippen molar-refractivity contribution in [3.05, 3.63) is 0 Å². The van der Waals surface area contributed by atoms with Gasteiger partial charge in [0.25, 0.3) is 0 Å². The molecule has 5 heteroatoms. The molecule has 0 radical (unpaired) electrons. The van der Waals surface area contributed by atoms with Crippen molar-refractivity contribution in [2.75, 3.05) is 6.61 Å². The third-order valence-electron chi connectivity index (χ3n) is 2.57. The highest BCUT2D eigenvalue weighted by atomic mass is 16.4. The van der Waals surface area contributed by atoms with Gasteiger partial charge in [-0.1, -0.05) is 39.0 Å². The van der Waals surface area contributed by atoms with Crippen LogP contribution in [0.25, 0.3) is 0 Å². The van der Waals surface area contributed by atoms with Crippen molar-refractivity contribution < 1.29 is 19.8 Å². The average Bonchev–Trinajstić information content (AvgIpc) is 2.30. The summed E-state index contributed by atoms with van der Waals surface area (Å²) in [6.07, 6.45) is 6.80. The van der Waals surface area contributed by atoms with Crippen LogP contribution in [-0.4, -0.2) is 34.7 Å². The lowest BCUT2D eigenvalue weighted by atomic mass is 10.1. The number of nitrogens with one attached hydrogen (secondary N) is 1. The summed E-state index contributed by atoms with van der Waals surface area (Å²) in [6, 6.07) is -1.18. The monoisotopic (exact) mass is 245 g/mol. The molecule has 0 aliphatic heterocycles. The molecule has 0 aromatic rings. The largest absolute Gasteiger partial charge is 0.480 e. The Hall–Kier alpha value is -1.10. The van der Waals surface area contributed by atoms with E-state index in [-0.39, 0.29) is 5.91 Å². The molecule has 17 heavy (non-hydrogen) atoms. The number of aliphatic hydroxyl groups excluding tert-OH is 1. The second-order valence-electron chi connectivity index (χ2n) is 4.16. The van der Waals surface area contributed by atoms with Crippen LogP contribution in [0.5, 0.6) is 0 Å². The summed E-state index contributed by atoms with van der Waals surface area (Å²) in [4.78, 5) is 21.9. The maximum atomic E-state index is 11.3. The van der Waals surface area contributed by atoms with Crippen LogP contribution < -0.4 is 5.32 Å². The van der Waals surface area contributed by atoms with E-state index in [4.69, 9.17) is 10.2 Å². The molecule has 1 atom stereocenters. The topological polar surface area (TPSA) is 86.6 Å². The molecule has 0 heterocycles. The molecule has 0 aliphatic carbocycles. The molecule has 5 nitrogen and oxygen atoms in total. The number of hydrogen-bond donors (Lipinski definition) is 3. The van der Waals surface area contributed by atoms with E-state index in [2.05, 4.69) is 12.2 Å². The Morgan fingerprint density at radius 3 is 2.24 bits per heavy atom. The second-order valence-corrected chi connectivity index (χ2v) is 4.16. The van der Waals surface area contributed by atoms with Crippen molar-refractivity contribution in [1.82, 2.24) is 5.32 Å². The van der Waals surface area contributed by atoms with Crippen LogP contribution in [0.15, 0.2) is 0 Å². The summed E-state index contributed by atoms with van der Waals surface area (Å²) in [5, 5.41) is 19.6. The fourth-order valence-electron chi connectivity index (χ4n) is 1.52. The first-order chi connectivity index (χ1) is 8.11. The van der Waals surface area contributed by atoms with E-state index < -0.39 is 18.6 Å². The maximum Gasteiger partial charge on any atom is 0.328 e. The van der Waals surface area contributed by atoms with E-state index in [1.54, 1.807) is 0 Å².